The zero-order valence-electron chi connectivity index (χ0n) is 18.8. The van der Waals surface area contributed by atoms with Crippen LogP contribution < -0.4 is 15.0 Å². The van der Waals surface area contributed by atoms with Crippen molar-refractivity contribution in [1.82, 2.24) is 4.90 Å². The van der Waals surface area contributed by atoms with E-state index >= 15 is 0 Å². The molecule has 1 fully saturated rings. The lowest BCUT2D eigenvalue weighted by Crippen LogP contribution is -2.37. The molecule has 0 bridgehead atoms. The summed E-state index contributed by atoms with van der Waals surface area (Å²) < 4.78 is 18.5. The van der Waals surface area contributed by atoms with E-state index in [1.807, 2.05) is 19.1 Å². The summed E-state index contributed by atoms with van der Waals surface area (Å²) in [5.74, 6) is -0.648. The lowest BCUT2D eigenvalue weighted by atomic mass is 10.1. The molecule has 0 radical (unpaired) electrons. The predicted octanol–water partition coefficient (Wildman–Crippen LogP) is 4.51. The average Bonchev–Trinajstić information content (AvgIpc) is 3.05. The summed E-state index contributed by atoms with van der Waals surface area (Å²) in [6, 6.07) is 18.0. The van der Waals surface area contributed by atoms with Gasteiger partial charge in [0.05, 0.1) is 19.2 Å². The van der Waals surface area contributed by atoms with Crippen molar-refractivity contribution in [3.63, 3.8) is 0 Å². The SMILES string of the molecule is COc1ccc(NC(=O)CC2C(=O)N(c3ccc(C)cc3)C(=O)N2Cc2ccc(F)cc2)cc1. The van der Waals surface area contributed by atoms with Gasteiger partial charge in [-0.05, 0) is 61.0 Å². The van der Waals surface area contributed by atoms with Crippen LogP contribution in [0.5, 0.6) is 5.75 Å². The predicted molar refractivity (Wildman–Crippen MR) is 126 cm³/mol. The number of hydrogen-bond donors (Lipinski definition) is 1. The number of benzene rings is 3. The number of halogens is 1. The number of carbonyl (C=O) groups excluding carboxylic acids is 3. The molecular formula is C26H24FN3O4. The molecule has 0 spiro atoms. The van der Waals surface area contributed by atoms with Gasteiger partial charge in [0.25, 0.3) is 5.91 Å². The molecule has 1 aliphatic rings. The van der Waals surface area contributed by atoms with Gasteiger partial charge in [0.15, 0.2) is 0 Å². The number of imide groups is 1. The Balaban J connectivity index is 1.58. The lowest BCUT2D eigenvalue weighted by molar-refractivity contribution is -0.124. The Morgan fingerprint density at radius 1 is 0.971 bits per heavy atom. The summed E-state index contributed by atoms with van der Waals surface area (Å²) >= 11 is 0. The van der Waals surface area contributed by atoms with Crippen LogP contribution in [0.15, 0.2) is 72.8 Å². The van der Waals surface area contributed by atoms with E-state index < -0.39 is 29.7 Å². The number of methoxy groups -OCH3 is 1. The van der Waals surface area contributed by atoms with Crippen LogP contribution in [0, 0.1) is 12.7 Å². The van der Waals surface area contributed by atoms with Crippen LogP contribution in [0.2, 0.25) is 0 Å². The number of anilines is 2. The Kier molecular flexibility index (Phi) is 6.58. The molecule has 1 unspecified atom stereocenters. The molecule has 4 amide bonds. The van der Waals surface area contributed by atoms with Crippen molar-refractivity contribution < 1.29 is 23.5 Å². The molecule has 7 nitrogen and oxygen atoms in total. The molecule has 1 N–H and O–H groups in total. The smallest absolute Gasteiger partial charge is 0.332 e. The van der Waals surface area contributed by atoms with Gasteiger partial charge >= 0.3 is 6.03 Å². The molecule has 0 aromatic heterocycles. The maximum atomic E-state index is 13.4. The molecule has 1 aliphatic heterocycles. The van der Waals surface area contributed by atoms with E-state index in [9.17, 15) is 18.8 Å². The molecule has 174 valence electrons. The Morgan fingerprint density at radius 2 is 1.62 bits per heavy atom. The highest BCUT2D eigenvalue weighted by molar-refractivity contribution is 6.22. The quantitative estimate of drug-likeness (QED) is 0.525. The van der Waals surface area contributed by atoms with E-state index in [1.54, 1.807) is 55.6 Å². The molecule has 3 aromatic rings. The number of urea groups is 1. The van der Waals surface area contributed by atoms with Gasteiger partial charge < -0.3 is 15.0 Å². The molecule has 8 heteroatoms. The van der Waals surface area contributed by atoms with Gasteiger partial charge in [-0.25, -0.2) is 14.1 Å². The number of nitrogens with one attached hydrogen (secondary N) is 1. The topological polar surface area (TPSA) is 79.0 Å². The first-order valence-corrected chi connectivity index (χ1v) is 10.8. The average molecular weight is 461 g/mol. The third kappa shape index (κ3) is 4.91. The molecule has 4 rings (SSSR count). The first-order valence-electron chi connectivity index (χ1n) is 10.8. The van der Waals surface area contributed by atoms with E-state index in [4.69, 9.17) is 4.74 Å². The molecule has 3 aromatic carbocycles. The van der Waals surface area contributed by atoms with E-state index in [0.29, 0.717) is 22.7 Å². The van der Waals surface area contributed by atoms with E-state index in [2.05, 4.69) is 5.32 Å². The summed E-state index contributed by atoms with van der Waals surface area (Å²) in [5.41, 5.74) is 2.61. The summed E-state index contributed by atoms with van der Waals surface area (Å²) in [4.78, 5) is 41.9. The number of aryl methyl sites for hydroxylation is 1. The van der Waals surface area contributed by atoms with Crippen molar-refractivity contribution in [1.29, 1.82) is 0 Å². The Bertz CT molecular complexity index is 1190. The molecular weight excluding hydrogens is 437 g/mol. The van der Waals surface area contributed by atoms with Crippen LogP contribution in [-0.2, 0) is 16.1 Å². The summed E-state index contributed by atoms with van der Waals surface area (Å²) in [5, 5.41) is 2.76. The van der Waals surface area contributed by atoms with Crippen molar-refractivity contribution in [2.75, 3.05) is 17.3 Å². The van der Waals surface area contributed by atoms with Crippen LogP contribution >= 0.6 is 0 Å². The van der Waals surface area contributed by atoms with Gasteiger partial charge in [-0.2, -0.15) is 0 Å². The molecule has 1 saturated heterocycles. The second kappa shape index (κ2) is 9.74. The van der Waals surface area contributed by atoms with E-state index in [1.165, 1.54) is 17.0 Å². The lowest BCUT2D eigenvalue weighted by Gasteiger charge is -2.21. The number of amides is 4. The summed E-state index contributed by atoms with van der Waals surface area (Å²) in [6.07, 6.45) is -0.222. The third-order valence-electron chi connectivity index (χ3n) is 5.63. The monoisotopic (exact) mass is 461 g/mol. The molecule has 0 aliphatic carbocycles. The minimum atomic E-state index is -1.00. The highest BCUT2D eigenvalue weighted by Crippen LogP contribution is 2.29. The van der Waals surface area contributed by atoms with Gasteiger partial charge in [-0.1, -0.05) is 29.8 Å². The van der Waals surface area contributed by atoms with Crippen LogP contribution in [-0.4, -0.2) is 35.9 Å². The van der Waals surface area contributed by atoms with Crippen LogP contribution in [0.4, 0.5) is 20.6 Å². The maximum absolute atomic E-state index is 13.4. The molecule has 0 saturated carbocycles. The fourth-order valence-corrected chi connectivity index (χ4v) is 3.79. The van der Waals surface area contributed by atoms with E-state index in [-0.39, 0.29) is 13.0 Å². The van der Waals surface area contributed by atoms with Gasteiger partial charge in [0.2, 0.25) is 5.91 Å². The number of nitrogens with zero attached hydrogens (tertiary/aromatic N) is 2. The highest BCUT2D eigenvalue weighted by Gasteiger charge is 2.46. The first-order chi connectivity index (χ1) is 16.4. The van der Waals surface area contributed by atoms with Crippen molar-refractivity contribution in [2.24, 2.45) is 0 Å². The van der Waals surface area contributed by atoms with Crippen molar-refractivity contribution in [2.45, 2.75) is 25.9 Å². The van der Waals surface area contributed by atoms with Crippen LogP contribution in [0.1, 0.15) is 17.5 Å². The van der Waals surface area contributed by atoms with Crippen LogP contribution in [0.3, 0.4) is 0 Å². The van der Waals surface area contributed by atoms with Crippen LogP contribution in [0.25, 0.3) is 0 Å². The maximum Gasteiger partial charge on any atom is 0.332 e. The van der Waals surface area contributed by atoms with Crippen molar-refractivity contribution in [3.05, 3.63) is 89.7 Å². The van der Waals surface area contributed by atoms with Gasteiger partial charge in [0, 0.05) is 12.2 Å². The summed E-state index contributed by atoms with van der Waals surface area (Å²) in [6.45, 7) is 1.97. The second-order valence-corrected chi connectivity index (χ2v) is 8.04. The molecule has 1 heterocycles. The Hall–Kier alpha value is -4.20. The van der Waals surface area contributed by atoms with Crippen molar-refractivity contribution in [3.8, 4) is 5.75 Å². The minimum Gasteiger partial charge on any atom is -0.497 e. The zero-order valence-corrected chi connectivity index (χ0v) is 18.8. The number of rotatable bonds is 7. The first kappa shape index (κ1) is 23.0. The fourth-order valence-electron chi connectivity index (χ4n) is 3.79. The fraction of sp³-hybridized carbons (Fsp3) is 0.192. The normalized spacial score (nSPS) is 15.6. The van der Waals surface area contributed by atoms with Gasteiger partial charge in [-0.3, -0.25) is 9.59 Å². The molecule has 1 atom stereocenters. The summed E-state index contributed by atoms with van der Waals surface area (Å²) in [7, 11) is 1.55. The number of carbonyl (C=O) groups is 3. The standard InChI is InChI=1S/C26H24FN3O4/c1-17-3-11-21(12-4-17)30-25(32)23(15-24(31)28-20-9-13-22(34-2)14-10-20)29(26(30)33)16-18-5-7-19(27)8-6-18/h3-14,23H,15-16H2,1-2H3,(H,28,31). The van der Waals surface area contributed by atoms with Gasteiger partial charge in [0.1, 0.15) is 17.6 Å². The minimum absolute atomic E-state index is 0.0632. The number of hydrogen-bond acceptors (Lipinski definition) is 4. The van der Waals surface area contributed by atoms with E-state index in [0.717, 1.165) is 10.5 Å². The van der Waals surface area contributed by atoms with Crippen molar-refractivity contribution >= 4 is 29.2 Å². The Labute approximate surface area is 196 Å². The zero-order chi connectivity index (χ0) is 24.2. The largest absolute Gasteiger partial charge is 0.497 e. The Morgan fingerprint density at radius 3 is 2.24 bits per heavy atom. The third-order valence-corrected chi connectivity index (χ3v) is 5.63. The van der Waals surface area contributed by atoms with Gasteiger partial charge in [-0.15, -0.1) is 0 Å². The molecule has 34 heavy (non-hydrogen) atoms. The second-order valence-electron chi connectivity index (χ2n) is 8.04. The number of ether oxygens (including phenoxy) is 1. The highest BCUT2D eigenvalue weighted by atomic mass is 19.1.